The van der Waals surface area contributed by atoms with Crippen LogP contribution >= 0.6 is 0 Å². The van der Waals surface area contributed by atoms with E-state index in [1.165, 1.54) is 36.7 Å². The predicted octanol–water partition coefficient (Wildman–Crippen LogP) is 2.07. The molecule has 0 saturated heterocycles. The molecule has 1 heterocycles. The molecule has 19 heavy (non-hydrogen) atoms. The number of nitrogens with zero attached hydrogens (tertiary/aromatic N) is 2. The summed E-state index contributed by atoms with van der Waals surface area (Å²) in [6.45, 7) is 0. The van der Waals surface area contributed by atoms with E-state index in [9.17, 15) is 10.1 Å². The molecule has 7 nitrogen and oxygen atoms in total. The van der Waals surface area contributed by atoms with Crippen LogP contribution in [0.15, 0.2) is 42.7 Å². The lowest BCUT2D eigenvalue weighted by Crippen LogP contribution is -2.12. The number of ether oxygens (including phenoxy) is 1. The van der Waals surface area contributed by atoms with Gasteiger partial charge in [0.15, 0.2) is 5.75 Å². The van der Waals surface area contributed by atoms with Crippen molar-refractivity contribution in [2.24, 2.45) is 5.73 Å². The van der Waals surface area contributed by atoms with Crippen molar-refractivity contribution >= 4 is 11.5 Å². The molecule has 96 valence electrons. The normalized spacial score (nSPS) is 9.89. The maximum Gasteiger partial charge on any atom is 0.269 e. The van der Waals surface area contributed by atoms with E-state index in [-0.39, 0.29) is 11.5 Å². The standard InChI is InChI=1S/C12H10N4O3/c13-12(14)10-5-6-15-7-11(10)19-9-3-1-8(2-4-9)16(17)18/h1-7H,(H3,13,14). The van der Waals surface area contributed by atoms with E-state index >= 15 is 0 Å². The molecule has 0 unspecified atom stereocenters. The number of benzene rings is 1. The monoisotopic (exact) mass is 258 g/mol. The van der Waals surface area contributed by atoms with Crippen molar-refractivity contribution in [3.05, 3.63) is 58.4 Å². The van der Waals surface area contributed by atoms with Gasteiger partial charge in [0, 0.05) is 18.3 Å². The highest BCUT2D eigenvalue weighted by molar-refractivity contribution is 5.97. The molecule has 1 aromatic heterocycles. The molecule has 0 aliphatic carbocycles. The fourth-order valence-electron chi connectivity index (χ4n) is 1.45. The summed E-state index contributed by atoms with van der Waals surface area (Å²) in [5.74, 6) is 0.587. The van der Waals surface area contributed by atoms with Crippen molar-refractivity contribution in [3.63, 3.8) is 0 Å². The van der Waals surface area contributed by atoms with Gasteiger partial charge in [-0.2, -0.15) is 0 Å². The van der Waals surface area contributed by atoms with Gasteiger partial charge in [-0.15, -0.1) is 0 Å². The van der Waals surface area contributed by atoms with Crippen LogP contribution in [0.25, 0.3) is 0 Å². The second-order valence-corrected chi connectivity index (χ2v) is 3.64. The van der Waals surface area contributed by atoms with E-state index in [0.717, 1.165) is 0 Å². The maximum atomic E-state index is 10.5. The summed E-state index contributed by atoms with van der Waals surface area (Å²) in [7, 11) is 0. The van der Waals surface area contributed by atoms with E-state index in [0.29, 0.717) is 17.1 Å². The van der Waals surface area contributed by atoms with Gasteiger partial charge in [0.1, 0.15) is 11.6 Å². The maximum absolute atomic E-state index is 10.5. The molecule has 0 amide bonds. The van der Waals surface area contributed by atoms with E-state index in [1.807, 2.05) is 0 Å². The highest BCUT2D eigenvalue weighted by atomic mass is 16.6. The number of nitro benzene ring substituents is 1. The van der Waals surface area contributed by atoms with Gasteiger partial charge < -0.3 is 10.5 Å². The lowest BCUT2D eigenvalue weighted by molar-refractivity contribution is -0.384. The lowest BCUT2D eigenvalue weighted by atomic mass is 10.2. The van der Waals surface area contributed by atoms with Crippen LogP contribution in [0.1, 0.15) is 5.56 Å². The summed E-state index contributed by atoms with van der Waals surface area (Å²) in [6.07, 6.45) is 2.93. The van der Waals surface area contributed by atoms with E-state index in [4.69, 9.17) is 15.9 Å². The van der Waals surface area contributed by atoms with Crippen molar-refractivity contribution in [1.29, 1.82) is 5.41 Å². The van der Waals surface area contributed by atoms with Crippen LogP contribution in [0.5, 0.6) is 11.5 Å². The Morgan fingerprint density at radius 1 is 1.32 bits per heavy atom. The Bertz CT molecular complexity index is 625. The second kappa shape index (κ2) is 5.13. The van der Waals surface area contributed by atoms with Crippen molar-refractivity contribution in [2.45, 2.75) is 0 Å². The molecule has 0 saturated carbocycles. The van der Waals surface area contributed by atoms with Gasteiger partial charge >= 0.3 is 0 Å². The molecule has 7 heteroatoms. The summed E-state index contributed by atoms with van der Waals surface area (Å²) >= 11 is 0. The topological polar surface area (TPSA) is 115 Å². The number of aromatic nitrogens is 1. The molecule has 3 N–H and O–H groups in total. The number of hydrogen-bond donors (Lipinski definition) is 2. The molecule has 0 spiro atoms. The minimum atomic E-state index is -0.491. The molecule has 2 aromatic rings. The number of nitrogen functional groups attached to an aromatic ring is 1. The molecule has 2 rings (SSSR count). The lowest BCUT2D eigenvalue weighted by Gasteiger charge is -2.09. The Labute approximate surface area is 108 Å². The number of hydrogen-bond acceptors (Lipinski definition) is 5. The van der Waals surface area contributed by atoms with Crippen LogP contribution in [0.3, 0.4) is 0 Å². The third-order valence-corrected chi connectivity index (χ3v) is 2.35. The largest absolute Gasteiger partial charge is 0.455 e. The molecule has 0 fully saturated rings. The first-order chi connectivity index (χ1) is 9.08. The quantitative estimate of drug-likeness (QED) is 0.377. The molecule has 0 aliphatic rings. The first kappa shape index (κ1) is 12.5. The summed E-state index contributed by atoms with van der Waals surface area (Å²) < 4.78 is 5.50. The molecule has 0 aliphatic heterocycles. The fraction of sp³-hybridized carbons (Fsp3) is 0. The van der Waals surface area contributed by atoms with Crippen LogP contribution in [-0.2, 0) is 0 Å². The Balaban J connectivity index is 2.26. The van der Waals surface area contributed by atoms with E-state index in [1.54, 1.807) is 6.07 Å². The minimum absolute atomic E-state index is 0.0228. The first-order valence-corrected chi connectivity index (χ1v) is 5.28. The van der Waals surface area contributed by atoms with Crippen LogP contribution < -0.4 is 10.5 Å². The number of nitrogens with two attached hydrogens (primary N) is 1. The van der Waals surface area contributed by atoms with Crippen molar-refractivity contribution in [1.82, 2.24) is 4.98 Å². The zero-order chi connectivity index (χ0) is 13.8. The minimum Gasteiger partial charge on any atom is -0.455 e. The zero-order valence-corrected chi connectivity index (χ0v) is 9.74. The second-order valence-electron chi connectivity index (χ2n) is 3.64. The van der Waals surface area contributed by atoms with Gasteiger partial charge in [0.2, 0.25) is 0 Å². The molecule has 0 radical (unpaired) electrons. The van der Waals surface area contributed by atoms with E-state index in [2.05, 4.69) is 4.98 Å². The number of nitro groups is 1. The third kappa shape index (κ3) is 2.83. The Morgan fingerprint density at radius 3 is 2.58 bits per heavy atom. The molecule has 1 aromatic carbocycles. The fourth-order valence-corrected chi connectivity index (χ4v) is 1.45. The number of pyridine rings is 1. The number of nitrogens with one attached hydrogen (secondary N) is 1. The molecule has 0 bridgehead atoms. The van der Waals surface area contributed by atoms with Crippen LogP contribution in [0.2, 0.25) is 0 Å². The van der Waals surface area contributed by atoms with Crippen LogP contribution in [0, 0.1) is 15.5 Å². The predicted molar refractivity (Wildman–Crippen MR) is 68.4 cm³/mol. The molecular formula is C12H10N4O3. The number of non-ortho nitro benzene ring substituents is 1. The van der Waals surface area contributed by atoms with Gasteiger partial charge in [-0.1, -0.05) is 0 Å². The summed E-state index contributed by atoms with van der Waals surface area (Å²) in [5, 5.41) is 17.9. The van der Waals surface area contributed by atoms with Crippen LogP contribution in [0.4, 0.5) is 5.69 Å². The van der Waals surface area contributed by atoms with Crippen LogP contribution in [-0.4, -0.2) is 15.7 Å². The Morgan fingerprint density at radius 2 is 2.00 bits per heavy atom. The Hall–Kier alpha value is -2.96. The van der Waals surface area contributed by atoms with Gasteiger partial charge in [0.05, 0.1) is 16.7 Å². The molecule has 0 atom stereocenters. The Kier molecular flexibility index (Phi) is 3.37. The van der Waals surface area contributed by atoms with Crippen molar-refractivity contribution < 1.29 is 9.66 Å². The first-order valence-electron chi connectivity index (χ1n) is 5.28. The van der Waals surface area contributed by atoms with Crippen molar-refractivity contribution in [2.75, 3.05) is 0 Å². The summed E-state index contributed by atoms with van der Waals surface area (Å²) in [6, 6.07) is 7.16. The van der Waals surface area contributed by atoms with E-state index < -0.39 is 4.92 Å². The zero-order valence-electron chi connectivity index (χ0n) is 9.74. The van der Waals surface area contributed by atoms with Gasteiger partial charge in [0.25, 0.3) is 5.69 Å². The third-order valence-electron chi connectivity index (χ3n) is 2.35. The van der Waals surface area contributed by atoms with Gasteiger partial charge in [-0.3, -0.25) is 20.5 Å². The SMILES string of the molecule is N=C(N)c1ccncc1Oc1ccc([N+](=O)[O-])cc1. The molecular weight excluding hydrogens is 248 g/mol. The average molecular weight is 258 g/mol. The highest BCUT2D eigenvalue weighted by Crippen LogP contribution is 2.25. The van der Waals surface area contributed by atoms with Gasteiger partial charge in [-0.25, -0.2) is 0 Å². The average Bonchev–Trinajstić information content (AvgIpc) is 2.39. The van der Waals surface area contributed by atoms with Crippen molar-refractivity contribution in [3.8, 4) is 11.5 Å². The smallest absolute Gasteiger partial charge is 0.269 e. The summed E-state index contributed by atoms with van der Waals surface area (Å²) in [5.41, 5.74) is 5.81. The van der Waals surface area contributed by atoms with Gasteiger partial charge in [-0.05, 0) is 18.2 Å². The summed E-state index contributed by atoms with van der Waals surface area (Å²) in [4.78, 5) is 13.9. The highest BCUT2D eigenvalue weighted by Gasteiger charge is 2.09. The number of amidine groups is 1. The number of rotatable bonds is 4.